The number of hydrogen-bond acceptors (Lipinski definition) is 3. The predicted octanol–water partition coefficient (Wildman–Crippen LogP) is 11.7. The van der Waals surface area contributed by atoms with Gasteiger partial charge in [0.1, 0.15) is 18.1 Å². The van der Waals surface area contributed by atoms with Crippen LogP contribution < -0.4 is 9.47 Å². The first-order chi connectivity index (χ1) is 22.9. The molecule has 5 aromatic carbocycles. The first kappa shape index (κ1) is 34.0. The molecule has 2 unspecified atom stereocenters. The molecule has 0 amide bonds. The monoisotopic (exact) mass is 626 g/mol. The summed E-state index contributed by atoms with van der Waals surface area (Å²) >= 11 is 0. The molecule has 0 aliphatic rings. The minimum Gasteiger partial charge on any atom is -0.490 e. The molecule has 0 aromatic heterocycles. The van der Waals surface area contributed by atoms with Gasteiger partial charge in [-0.2, -0.15) is 0 Å². The molecule has 0 saturated heterocycles. The van der Waals surface area contributed by atoms with Crippen molar-refractivity contribution in [2.45, 2.75) is 71.5 Å². The highest BCUT2D eigenvalue weighted by molar-refractivity contribution is 5.82. The zero-order valence-electron chi connectivity index (χ0n) is 28.7. The normalized spacial score (nSPS) is 12.9. The molecule has 0 N–H and O–H groups in total. The Kier molecular flexibility index (Phi) is 11.9. The number of hydrogen-bond donors (Lipinski definition) is 0. The second-order valence-electron chi connectivity index (χ2n) is 13.4. The molecule has 0 bridgehead atoms. The molecule has 0 fully saturated rings. The molecule has 0 aliphatic heterocycles. The summed E-state index contributed by atoms with van der Waals surface area (Å²) in [5.41, 5.74) is 6.47. The topological polar surface area (TPSA) is 27.7 Å². The van der Waals surface area contributed by atoms with E-state index < -0.39 is 11.7 Å². The van der Waals surface area contributed by atoms with Gasteiger partial charge in [0.05, 0.1) is 12.0 Å². The lowest BCUT2D eigenvalue weighted by Gasteiger charge is -2.35. The van der Waals surface area contributed by atoms with Gasteiger partial charge in [-0.3, -0.25) is 0 Å². The smallest absolute Gasteiger partial charge is 0.209 e. The minimum atomic E-state index is -0.528. The molecule has 0 radical (unpaired) electrons. The van der Waals surface area contributed by atoms with Gasteiger partial charge in [0.2, 0.25) is 6.29 Å². The number of benzene rings is 5. The van der Waals surface area contributed by atoms with E-state index in [0.717, 1.165) is 39.3 Å². The molecule has 47 heavy (non-hydrogen) atoms. The lowest BCUT2D eigenvalue weighted by atomic mass is 9.84. The Labute approximate surface area is 282 Å². The highest BCUT2D eigenvalue weighted by Crippen LogP contribution is 2.39. The van der Waals surface area contributed by atoms with Gasteiger partial charge in [-0.05, 0) is 72.9 Å². The summed E-state index contributed by atoms with van der Waals surface area (Å²) in [5.74, 6) is 2.90. The van der Waals surface area contributed by atoms with Gasteiger partial charge in [-0.25, -0.2) is 0 Å². The fourth-order valence-corrected chi connectivity index (χ4v) is 6.36. The highest BCUT2D eigenvalue weighted by atomic mass is 16.7. The Morgan fingerprint density at radius 2 is 1.17 bits per heavy atom. The van der Waals surface area contributed by atoms with E-state index >= 15 is 0 Å². The number of rotatable bonds is 16. The maximum absolute atomic E-state index is 6.67. The van der Waals surface area contributed by atoms with Crippen molar-refractivity contribution >= 4 is 0 Å². The summed E-state index contributed by atoms with van der Waals surface area (Å²) in [4.78, 5) is 0. The summed E-state index contributed by atoms with van der Waals surface area (Å²) in [5, 5.41) is 0. The van der Waals surface area contributed by atoms with E-state index in [1.165, 1.54) is 24.8 Å². The van der Waals surface area contributed by atoms with Crippen molar-refractivity contribution in [2.75, 3.05) is 13.2 Å². The zero-order valence-corrected chi connectivity index (χ0v) is 28.7. The van der Waals surface area contributed by atoms with Gasteiger partial charge in [0.15, 0.2) is 0 Å². The molecule has 0 heterocycles. The number of para-hydroxylation sites is 1. The Hall–Kier alpha value is -4.34. The van der Waals surface area contributed by atoms with Gasteiger partial charge < -0.3 is 14.2 Å². The van der Waals surface area contributed by atoms with Crippen LogP contribution in [-0.2, 0) is 10.2 Å². The lowest BCUT2D eigenvalue weighted by molar-refractivity contribution is -0.125. The first-order valence-electron chi connectivity index (χ1n) is 17.2. The fraction of sp³-hybridized carbons (Fsp3) is 0.318. The van der Waals surface area contributed by atoms with Crippen LogP contribution in [-0.4, -0.2) is 19.5 Å². The second kappa shape index (κ2) is 16.5. The Morgan fingerprint density at radius 1 is 0.617 bits per heavy atom. The van der Waals surface area contributed by atoms with E-state index in [9.17, 15) is 0 Å². The van der Waals surface area contributed by atoms with Gasteiger partial charge in [-0.15, -0.1) is 0 Å². The van der Waals surface area contributed by atoms with Crippen LogP contribution in [0, 0.1) is 5.92 Å². The van der Waals surface area contributed by atoms with Crippen molar-refractivity contribution in [3.8, 4) is 33.8 Å². The molecule has 244 valence electrons. The molecule has 0 saturated carbocycles. The average molecular weight is 627 g/mol. The van der Waals surface area contributed by atoms with Crippen LogP contribution >= 0.6 is 0 Å². The lowest BCUT2D eigenvalue weighted by Crippen LogP contribution is -2.41. The van der Waals surface area contributed by atoms with Gasteiger partial charge in [0.25, 0.3) is 0 Å². The van der Waals surface area contributed by atoms with Gasteiger partial charge in [0, 0.05) is 11.1 Å². The molecular formula is C44H50O3. The van der Waals surface area contributed by atoms with E-state index in [-0.39, 0.29) is 0 Å². The molecule has 5 aromatic rings. The minimum absolute atomic E-state index is 0.364. The van der Waals surface area contributed by atoms with Crippen LogP contribution in [0.1, 0.15) is 70.9 Å². The van der Waals surface area contributed by atoms with Crippen molar-refractivity contribution in [1.82, 2.24) is 0 Å². The van der Waals surface area contributed by atoms with Crippen LogP contribution in [0.15, 0.2) is 133 Å². The summed E-state index contributed by atoms with van der Waals surface area (Å²) < 4.78 is 19.9. The van der Waals surface area contributed by atoms with Crippen LogP contribution in [0.25, 0.3) is 22.3 Å². The third-order valence-electron chi connectivity index (χ3n) is 8.88. The molecule has 2 atom stereocenters. The van der Waals surface area contributed by atoms with E-state index in [4.69, 9.17) is 14.2 Å². The Morgan fingerprint density at radius 3 is 1.70 bits per heavy atom. The Bertz CT molecular complexity index is 1570. The maximum atomic E-state index is 6.67. The van der Waals surface area contributed by atoms with E-state index in [1.54, 1.807) is 0 Å². The molecule has 3 nitrogen and oxygen atoms in total. The summed E-state index contributed by atoms with van der Waals surface area (Å²) in [7, 11) is 0. The molecule has 5 rings (SSSR count). The predicted molar refractivity (Wildman–Crippen MR) is 196 cm³/mol. The van der Waals surface area contributed by atoms with Crippen molar-refractivity contribution in [2.24, 2.45) is 5.92 Å². The van der Waals surface area contributed by atoms with Crippen molar-refractivity contribution in [1.29, 1.82) is 0 Å². The van der Waals surface area contributed by atoms with Crippen molar-refractivity contribution in [3.05, 3.63) is 145 Å². The highest BCUT2D eigenvalue weighted by Gasteiger charge is 2.34. The molecule has 0 spiro atoms. The average Bonchev–Trinajstić information content (AvgIpc) is 3.10. The third kappa shape index (κ3) is 8.93. The Balaban J connectivity index is 1.36. The van der Waals surface area contributed by atoms with E-state index in [2.05, 4.69) is 150 Å². The quantitative estimate of drug-likeness (QED) is 0.0805. The van der Waals surface area contributed by atoms with Gasteiger partial charge in [-0.1, -0.05) is 149 Å². The molecule has 0 aliphatic carbocycles. The molecular weight excluding hydrogens is 576 g/mol. The van der Waals surface area contributed by atoms with Crippen LogP contribution in [0.3, 0.4) is 0 Å². The largest absolute Gasteiger partial charge is 0.490 e. The van der Waals surface area contributed by atoms with Crippen LogP contribution in [0.4, 0.5) is 0 Å². The van der Waals surface area contributed by atoms with Gasteiger partial charge >= 0.3 is 0 Å². The summed E-state index contributed by atoms with van der Waals surface area (Å²) in [6.45, 7) is 12.0. The summed E-state index contributed by atoms with van der Waals surface area (Å²) in [6, 6.07) is 46.3. The number of ether oxygens (including phenoxy) is 3. The first-order valence-corrected chi connectivity index (χ1v) is 17.2. The van der Waals surface area contributed by atoms with Crippen molar-refractivity contribution < 1.29 is 14.2 Å². The zero-order chi connectivity index (χ0) is 33.1. The van der Waals surface area contributed by atoms with E-state index in [0.29, 0.717) is 25.0 Å². The van der Waals surface area contributed by atoms with Crippen LogP contribution in [0.5, 0.6) is 11.5 Å². The third-order valence-corrected chi connectivity index (χ3v) is 8.88. The van der Waals surface area contributed by atoms with E-state index in [1.807, 2.05) is 18.2 Å². The maximum Gasteiger partial charge on any atom is 0.209 e. The second-order valence-corrected chi connectivity index (χ2v) is 13.4. The standard InChI is InChI=1S/C44H50O3/c1-6-17-37(32-33(2)3)34-26-28-39(29-27-34)47-43(44(4,5)38-22-14-9-15-23-38)46-31-30-45-42-40(35-18-10-7-11-19-35)24-16-25-41(42)36-20-12-8-13-21-36/h7-16,18-29,33,37,43H,6,17,30-32H2,1-5H3. The fourth-order valence-electron chi connectivity index (χ4n) is 6.36. The molecule has 3 heteroatoms. The van der Waals surface area contributed by atoms with Crippen LogP contribution in [0.2, 0.25) is 0 Å². The SMILES string of the molecule is CCCC(CC(C)C)c1ccc(OC(OCCOc2c(-c3ccccc3)cccc2-c2ccccc2)C(C)(C)c2ccccc2)cc1. The van der Waals surface area contributed by atoms with Crippen molar-refractivity contribution in [3.63, 3.8) is 0 Å². The summed E-state index contributed by atoms with van der Waals surface area (Å²) in [6.07, 6.45) is 3.05.